The molecule has 3 aliphatic heterocycles. The van der Waals surface area contributed by atoms with Crippen molar-refractivity contribution in [2.24, 2.45) is 0 Å². The number of fused-ring (bicyclic) bond motifs is 7. The summed E-state index contributed by atoms with van der Waals surface area (Å²) >= 11 is 0. The van der Waals surface area contributed by atoms with Gasteiger partial charge in [0.15, 0.2) is 18.1 Å². The maximum absolute atomic E-state index is 13.6. The standard InChI is InChI=1S/C33H33N5O6/c1-3-20-4-8-22(9-5-20)25-15-26(37-36-25)33(41)38-17-27-30(18-38)44-24-11-6-21(7-12-24)16-34-31(39)19-43-29-14-23(32(40)35-27)10-13-28(29)42-2/h4-15,27,30H,3,16-19H2,1-2H3,(H,34,39)(H,35,40)(H,36,37)/t27-,30-/m0/s1. The molecule has 7 rings (SSSR count). The highest BCUT2D eigenvalue weighted by atomic mass is 16.5. The second kappa shape index (κ2) is 12.5. The number of carbonyl (C=O) groups is 3. The van der Waals surface area contributed by atoms with Crippen LogP contribution in [0, 0.1) is 0 Å². The number of amides is 3. The molecule has 0 saturated carbocycles. The number of nitrogens with one attached hydrogen (secondary N) is 3. The molecule has 0 spiro atoms. The molecule has 1 aromatic heterocycles. The first-order chi connectivity index (χ1) is 21.4. The van der Waals surface area contributed by atoms with Crippen LogP contribution < -0.4 is 24.8 Å². The van der Waals surface area contributed by atoms with E-state index in [1.807, 2.05) is 36.4 Å². The number of hydrogen-bond acceptors (Lipinski definition) is 7. The molecule has 3 aromatic carbocycles. The predicted molar refractivity (Wildman–Crippen MR) is 162 cm³/mol. The van der Waals surface area contributed by atoms with Gasteiger partial charge in [0.05, 0.1) is 25.4 Å². The summed E-state index contributed by atoms with van der Waals surface area (Å²) in [4.78, 5) is 41.1. The Hall–Kier alpha value is -5.32. The normalized spacial score (nSPS) is 18.4. The zero-order valence-electron chi connectivity index (χ0n) is 24.5. The van der Waals surface area contributed by atoms with Crippen molar-refractivity contribution in [2.75, 3.05) is 26.8 Å². The van der Waals surface area contributed by atoms with Crippen LogP contribution in [0.2, 0.25) is 0 Å². The summed E-state index contributed by atoms with van der Waals surface area (Å²) in [5, 5.41) is 13.1. The van der Waals surface area contributed by atoms with Gasteiger partial charge in [-0.2, -0.15) is 5.10 Å². The Morgan fingerprint density at radius 2 is 1.77 bits per heavy atom. The van der Waals surface area contributed by atoms with Crippen LogP contribution in [0.5, 0.6) is 17.2 Å². The lowest BCUT2D eigenvalue weighted by atomic mass is 10.1. The van der Waals surface area contributed by atoms with Gasteiger partial charge in [0.25, 0.3) is 17.7 Å². The maximum Gasteiger partial charge on any atom is 0.272 e. The van der Waals surface area contributed by atoms with Crippen molar-refractivity contribution in [3.63, 3.8) is 0 Å². The zero-order chi connectivity index (χ0) is 30.6. The molecule has 4 bridgehead atoms. The lowest BCUT2D eigenvalue weighted by molar-refractivity contribution is -0.123. The quantitative estimate of drug-likeness (QED) is 0.329. The Labute approximate surface area is 254 Å². The number of aryl methyl sites for hydroxylation is 1. The van der Waals surface area contributed by atoms with Crippen LogP contribution in [0.15, 0.2) is 72.8 Å². The van der Waals surface area contributed by atoms with Gasteiger partial charge in [0.1, 0.15) is 17.5 Å². The largest absolute Gasteiger partial charge is 0.493 e. The fourth-order valence-corrected chi connectivity index (χ4v) is 5.30. The van der Waals surface area contributed by atoms with E-state index in [0.29, 0.717) is 35.0 Å². The third kappa shape index (κ3) is 6.22. The molecule has 4 aromatic rings. The number of carbonyl (C=O) groups excluding carboxylic acids is 3. The number of benzene rings is 3. The lowest BCUT2D eigenvalue weighted by Gasteiger charge is -2.21. The molecule has 1 saturated heterocycles. The first-order valence-electron chi connectivity index (χ1n) is 14.5. The molecular formula is C33H33N5O6. The van der Waals surface area contributed by atoms with E-state index in [1.165, 1.54) is 18.7 Å². The molecule has 3 aliphatic rings. The molecule has 226 valence electrons. The number of likely N-dealkylation sites (tertiary alicyclic amines) is 1. The smallest absolute Gasteiger partial charge is 0.272 e. The van der Waals surface area contributed by atoms with Gasteiger partial charge < -0.3 is 29.7 Å². The molecule has 3 amide bonds. The summed E-state index contributed by atoms with van der Waals surface area (Å²) in [6.45, 7) is 2.64. The van der Waals surface area contributed by atoms with E-state index in [-0.39, 0.29) is 43.2 Å². The van der Waals surface area contributed by atoms with E-state index in [1.54, 1.807) is 35.2 Å². The Morgan fingerprint density at radius 1 is 1.00 bits per heavy atom. The molecular weight excluding hydrogens is 562 g/mol. The summed E-state index contributed by atoms with van der Waals surface area (Å²) in [5.74, 6) is 0.295. The molecule has 1 fully saturated rings. The van der Waals surface area contributed by atoms with Crippen LogP contribution in [-0.4, -0.2) is 71.8 Å². The van der Waals surface area contributed by atoms with Gasteiger partial charge in [-0.25, -0.2) is 0 Å². The van der Waals surface area contributed by atoms with Gasteiger partial charge in [0, 0.05) is 24.2 Å². The van der Waals surface area contributed by atoms with Crippen molar-refractivity contribution in [2.45, 2.75) is 32.0 Å². The second-order valence-electron chi connectivity index (χ2n) is 10.7. The van der Waals surface area contributed by atoms with Gasteiger partial charge in [-0.05, 0) is 53.9 Å². The van der Waals surface area contributed by atoms with Crippen molar-refractivity contribution in [3.05, 3.63) is 95.2 Å². The maximum atomic E-state index is 13.6. The number of methoxy groups -OCH3 is 1. The number of nitrogens with zero attached hydrogens (tertiary/aromatic N) is 2. The van der Waals surface area contributed by atoms with Crippen molar-refractivity contribution in [3.8, 4) is 28.5 Å². The van der Waals surface area contributed by atoms with Crippen LogP contribution in [0.1, 0.15) is 38.9 Å². The third-order valence-corrected chi connectivity index (χ3v) is 7.82. The fraction of sp³-hybridized carbons (Fsp3) is 0.273. The third-order valence-electron chi connectivity index (χ3n) is 7.82. The Morgan fingerprint density at radius 3 is 2.52 bits per heavy atom. The van der Waals surface area contributed by atoms with Crippen LogP contribution in [0.4, 0.5) is 0 Å². The number of aromatic nitrogens is 2. The van der Waals surface area contributed by atoms with Gasteiger partial charge in [-0.3, -0.25) is 19.5 Å². The number of ether oxygens (including phenoxy) is 3. The van der Waals surface area contributed by atoms with E-state index in [0.717, 1.165) is 17.5 Å². The highest BCUT2D eigenvalue weighted by molar-refractivity contribution is 5.96. The molecule has 11 nitrogen and oxygen atoms in total. The molecule has 4 heterocycles. The number of hydrogen-bond donors (Lipinski definition) is 3. The van der Waals surface area contributed by atoms with Crippen molar-refractivity contribution in [1.29, 1.82) is 0 Å². The summed E-state index contributed by atoms with van der Waals surface area (Å²) in [7, 11) is 1.48. The number of aromatic amines is 1. The monoisotopic (exact) mass is 595 g/mol. The van der Waals surface area contributed by atoms with Crippen LogP contribution in [0.3, 0.4) is 0 Å². The molecule has 2 atom stereocenters. The topological polar surface area (TPSA) is 135 Å². The van der Waals surface area contributed by atoms with Gasteiger partial charge in [-0.15, -0.1) is 0 Å². The predicted octanol–water partition coefficient (Wildman–Crippen LogP) is 3.36. The first-order valence-corrected chi connectivity index (χ1v) is 14.5. The van der Waals surface area contributed by atoms with E-state index in [9.17, 15) is 14.4 Å². The molecule has 0 aliphatic carbocycles. The van der Waals surface area contributed by atoms with Crippen LogP contribution in [0.25, 0.3) is 11.3 Å². The molecule has 0 radical (unpaired) electrons. The highest BCUT2D eigenvalue weighted by Crippen LogP contribution is 2.29. The average molecular weight is 596 g/mol. The van der Waals surface area contributed by atoms with E-state index in [2.05, 4.69) is 27.8 Å². The minimum atomic E-state index is -0.526. The molecule has 0 unspecified atom stereocenters. The lowest BCUT2D eigenvalue weighted by Crippen LogP contribution is -2.45. The van der Waals surface area contributed by atoms with E-state index < -0.39 is 12.1 Å². The van der Waals surface area contributed by atoms with Gasteiger partial charge >= 0.3 is 0 Å². The van der Waals surface area contributed by atoms with Gasteiger partial charge in [-0.1, -0.05) is 43.3 Å². The Kier molecular flexibility index (Phi) is 8.18. The molecule has 44 heavy (non-hydrogen) atoms. The van der Waals surface area contributed by atoms with Gasteiger partial charge in [0.2, 0.25) is 0 Å². The Balaban J connectivity index is 1.25. The summed E-state index contributed by atoms with van der Waals surface area (Å²) in [5.41, 5.74) is 4.35. The summed E-state index contributed by atoms with van der Waals surface area (Å²) < 4.78 is 17.4. The minimum Gasteiger partial charge on any atom is -0.493 e. The van der Waals surface area contributed by atoms with Crippen molar-refractivity contribution >= 4 is 17.7 Å². The van der Waals surface area contributed by atoms with Crippen LogP contribution >= 0.6 is 0 Å². The van der Waals surface area contributed by atoms with Crippen LogP contribution in [-0.2, 0) is 17.8 Å². The molecule has 3 N–H and O–H groups in total. The van der Waals surface area contributed by atoms with E-state index >= 15 is 0 Å². The van der Waals surface area contributed by atoms with Crippen molar-refractivity contribution in [1.82, 2.24) is 25.7 Å². The highest BCUT2D eigenvalue weighted by Gasteiger charge is 2.39. The second-order valence-corrected chi connectivity index (χ2v) is 10.7. The first kappa shape index (κ1) is 28.8. The fourth-order valence-electron chi connectivity index (χ4n) is 5.30. The summed E-state index contributed by atoms with van der Waals surface area (Å²) in [6.07, 6.45) is 0.415. The SMILES string of the molecule is CCc1ccc(-c2cc(C(=O)N3C[C@@H]4NC(=O)c5ccc(OC)c(c5)OCC(=O)NCc5ccc(cc5)O[C@H]4C3)[nH]n2)cc1. The Bertz CT molecular complexity index is 1670. The molecule has 11 heteroatoms. The minimum absolute atomic E-state index is 0.227. The number of rotatable bonds is 4. The summed E-state index contributed by atoms with van der Waals surface area (Å²) in [6, 6.07) is 21.4. The number of H-pyrrole nitrogens is 1. The average Bonchev–Trinajstić information content (AvgIpc) is 3.70. The van der Waals surface area contributed by atoms with E-state index in [4.69, 9.17) is 14.2 Å². The van der Waals surface area contributed by atoms with Crippen molar-refractivity contribution < 1.29 is 28.6 Å². The zero-order valence-corrected chi connectivity index (χ0v) is 24.5.